The van der Waals surface area contributed by atoms with Crippen molar-refractivity contribution in [3.63, 3.8) is 0 Å². The Morgan fingerprint density at radius 2 is 2.05 bits per heavy atom. The lowest BCUT2D eigenvalue weighted by atomic mass is 10.2. The van der Waals surface area contributed by atoms with Crippen LogP contribution in [-0.4, -0.2) is 44.5 Å². The molecule has 1 amide bonds. The second-order valence-electron chi connectivity index (χ2n) is 5.10. The van der Waals surface area contributed by atoms with E-state index in [2.05, 4.69) is 29.6 Å². The summed E-state index contributed by atoms with van der Waals surface area (Å²) in [5, 5.41) is 6.05. The van der Waals surface area contributed by atoms with Crippen LogP contribution >= 0.6 is 0 Å². The summed E-state index contributed by atoms with van der Waals surface area (Å²) < 4.78 is 0. The number of unbranched alkanes of at least 4 members (excludes halogenated alkanes) is 1. The highest BCUT2D eigenvalue weighted by Crippen LogP contribution is 2.08. The molecule has 106 valence electrons. The summed E-state index contributed by atoms with van der Waals surface area (Å²) in [6.45, 7) is 4.36. The summed E-state index contributed by atoms with van der Waals surface area (Å²) in [5.74, 6) is 0.0122. The number of benzene rings is 1. The summed E-state index contributed by atoms with van der Waals surface area (Å²) in [7, 11) is 4.14. The molecular formula is C15H25N3O. The van der Waals surface area contributed by atoms with Crippen LogP contribution in [-0.2, 0) is 4.79 Å². The summed E-state index contributed by atoms with van der Waals surface area (Å²) in [5.41, 5.74) is 2.01. The number of nitrogens with zero attached hydrogens (tertiary/aromatic N) is 1. The number of anilines is 1. The predicted molar refractivity (Wildman–Crippen MR) is 80.5 cm³/mol. The molecule has 0 aliphatic heterocycles. The number of carbonyl (C=O) groups excluding carboxylic acids is 1. The van der Waals surface area contributed by atoms with Crippen molar-refractivity contribution in [2.75, 3.05) is 39.0 Å². The highest BCUT2D eigenvalue weighted by molar-refractivity contribution is 5.92. The Hall–Kier alpha value is -1.39. The molecule has 2 N–H and O–H groups in total. The molecule has 4 nitrogen and oxygen atoms in total. The van der Waals surface area contributed by atoms with Crippen molar-refractivity contribution in [2.24, 2.45) is 0 Å². The monoisotopic (exact) mass is 263 g/mol. The van der Waals surface area contributed by atoms with Gasteiger partial charge < -0.3 is 15.5 Å². The number of aryl methyl sites for hydroxylation is 1. The fourth-order valence-electron chi connectivity index (χ4n) is 1.81. The molecule has 0 heterocycles. The zero-order valence-electron chi connectivity index (χ0n) is 12.2. The van der Waals surface area contributed by atoms with E-state index in [0.717, 1.165) is 37.2 Å². The van der Waals surface area contributed by atoms with E-state index in [0.29, 0.717) is 6.54 Å². The van der Waals surface area contributed by atoms with Crippen LogP contribution in [0.25, 0.3) is 0 Å². The average Bonchev–Trinajstić information content (AvgIpc) is 2.33. The summed E-state index contributed by atoms with van der Waals surface area (Å²) in [6.07, 6.45) is 2.25. The van der Waals surface area contributed by atoms with Gasteiger partial charge in [0.2, 0.25) is 5.91 Å². The second-order valence-corrected chi connectivity index (χ2v) is 5.10. The topological polar surface area (TPSA) is 44.4 Å². The molecule has 0 aliphatic rings. The number of carbonyl (C=O) groups is 1. The van der Waals surface area contributed by atoms with E-state index in [9.17, 15) is 4.79 Å². The molecular weight excluding hydrogens is 238 g/mol. The number of rotatable bonds is 8. The fraction of sp³-hybridized carbons (Fsp3) is 0.533. The minimum atomic E-state index is 0.0122. The third kappa shape index (κ3) is 7.59. The van der Waals surface area contributed by atoms with Crippen molar-refractivity contribution in [2.45, 2.75) is 19.8 Å². The molecule has 0 spiro atoms. The van der Waals surface area contributed by atoms with Gasteiger partial charge in [-0.3, -0.25) is 4.79 Å². The molecule has 19 heavy (non-hydrogen) atoms. The first-order valence-electron chi connectivity index (χ1n) is 6.80. The molecule has 0 unspecified atom stereocenters. The van der Waals surface area contributed by atoms with Gasteiger partial charge in [-0.25, -0.2) is 0 Å². The van der Waals surface area contributed by atoms with E-state index >= 15 is 0 Å². The third-order valence-corrected chi connectivity index (χ3v) is 2.80. The average molecular weight is 263 g/mol. The van der Waals surface area contributed by atoms with E-state index in [-0.39, 0.29) is 5.91 Å². The van der Waals surface area contributed by atoms with E-state index in [1.807, 2.05) is 31.2 Å². The van der Waals surface area contributed by atoms with Crippen LogP contribution in [0.15, 0.2) is 24.3 Å². The first-order chi connectivity index (χ1) is 9.08. The van der Waals surface area contributed by atoms with E-state index in [1.54, 1.807) is 0 Å². The van der Waals surface area contributed by atoms with Crippen LogP contribution in [0, 0.1) is 6.92 Å². The molecule has 0 saturated heterocycles. The Balaban J connectivity index is 2.11. The highest BCUT2D eigenvalue weighted by atomic mass is 16.1. The molecule has 4 heteroatoms. The Kier molecular flexibility index (Phi) is 7.15. The standard InChI is InChI=1S/C15H25N3O/c1-13-7-6-8-14(11-13)17-15(19)12-16-9-4-5-10-18(2)3/h6-8,11,16H,4-5,9-10,12H2,1-3H3,(H,17,19). The zero-order valence-corrected chi connectivity index (χ0v) is 12.2. The number of hydrogen-bond donors (Lipinski definition) is 2. The van der Waals surface area contributed by atoms with Crippen molar-refractivity contribution < 1.29 is 4.79 Å². The summed E-state index contributed by atoms with van der Waals surface area (Å²) in [6, 6.07) is 7.83. The molecule has 0 saturated carbocycles. The van der Waals surface area contributed by atoms with Crippen LogP contribution in [0.1, 0.15) is 18.4 Å². The highest BCUT2D eigenvalue weighted by Gasteiger charge is 2.01. The number of amides is 1. The van der Waals surface area contributed by atoms with Crippen molar-refractivity contribution >= 4 is 11.6 Å². The normalized spacial score (nSPS) is 10.7. The van der Waals surface area contributed by atoms with Gasteiger partial charge in [0.15, 0.2) is 0 Å². The van der Waals surface area contributed by atoms with Crippen LogP contribution in [0.2, 0.25) is 0 Å². The van der Waals surface area contributed by atoms with Crippen molar-refractivity contribution in [1.82, 2.24) is 10.2 Å². The van der Waals surface area contributed by atoms with Crippen LogP contribution in [0.4, 0.5) is 5.69 Å². The van der Waals surface area contributed by atoms with Crippen LogP contribution in [0.5, 0.6) is 0 Å². The quantitative estimate of drug-likeness (QED) is 0.704. The van der Waals surface area contributed by atoms with Crippen molar-refractivity contribution in [3.8, 4) is 0 Å². The van der Waals surface area contributed by atoms with E-state index in [4.69, 9.17) is 0 Å². The fourth-order valence-corrected chi connectivity index (χ4v) is 1.81. The number of nitrogens with one attached hydrogen (secondary N) is 2. The molecule has 0 radical (unpaired) electrons. The van der Waals surface area contributed by atoms with Crippen LogP contribution < -0.4 is 10.6 Å². The summed E-state index contributed by atoms with van der Waals surface area (Å²) in [4.78, 5) is 13.9. The number of hydrogen-bond acceptors (Lipinski definition) is 3. The maximum Gasteiger partial charge on any atom is 0.238 e. The maximum absolute atomic E-state index is 11.7. The molecule has 0 aromatic heterocycles. The van der Waals surface area contributed by atoms with Gasteiger partial charge in [0, 0.05) is 5.69 Å². The largest absolute Gasteiger partial charge is 0.325 e. The van der Waals surface area contributed by atoms with Gasteiger partial charge in [-0.1, -0.05) is 12.1 Å². The van der Waals surface area contributed by atoms with Gasteiger partial charge in [0.05, 0.1) is 6.54 Å². The zero-order chi connectivity index (χ0) is 14.1. The first-order valence-corrected chi connectivity index (χ1v) is 6.80. The Labute approximate surface area is 116 Å². The SMILES string of the molecule is Cc1cccc(NC(=O)CNCCCCN(C)C)c1. The molecule has 1 aromatic carbocycles. The Morgan fingerprint density at radius 1 is 1.26 bits per heavy atom. The molecule has 0 atom stereocenters. The van der Waals surface area contributed by atoms with Crippen molar-refractivity contribution in [3.05, 3.63) is 29.8 Å². The van der Waals surface area contributed by atoms with Gasteiger partial charge in [-0.15, -0.1) is 0 Å². The second kappa shape index (κ2) is 8.67. The maximum atomic E-state index is 11.7. The predicted octanol–water partition coefficient (Wildman–Crippen LogP) is 1.86. The Morgan fingerprint density at radius 3 is 2.74 bits per heavy atom. The van der Waals surface area contributed by atoms with Gasteiger partial charge in [0.1, 0.15) is 0 Å². The molecule has 0 aliphatic carbocycles. The van der Waals surface area contributed by atoms with E-state index < -0.39 is 0 Å². The Bertz CT molecular complexity index is 391. The summed E-state index contributed by atoms with van der Waals surface area (Å²) >= 11 is 0. The minimum absolute atomic E-state index is 0.0122. The third-order valence-electron chi connectivity index (χ3n) is 2.80. The smallest absolute Gasteiger partial charge is 0.238 e. The lowest BCUT2D eigenvalue weighted by Crippen LogP contribution is -2.29. The van der Waals surface area contributed by atoms with Gasteiger partial charge >= 0.3 is 0 Å². The van der Waals surface area contributed by atoms with Gasteiger partial charge in [0.25, 0.3) is 0 Å². The molecule has 0 fully saturated rings. The van der Waals surface area contributed by atoms with Gasteiger partial charge in [-0.05, 0) is 64.6 Å². The lowest BCUT2D eigenvalue weighted by molar-refractivity contribution is -0.115. The van der Waals surface area contributed by atoms with Gasteiger partial charge in [-0.2, -0.15) is 0 Å². The molecule has 0 bridgehead atoms. The lowest BCUT2D eigenvalue weighted by Gasteiger charge is -2.09. The first kappa shape index (κ1) is 15.7. The minimum Gasteiger partial charge on any atom is -0.325 e. The van der Waals surface area contributed by atoms with E-state index in [1.165, 1.54) is 0 Å². The molecule has 1 rings (SSSR count). The molecule has 1 aromatic rings. The van der Waals surface area contributed by atoms with Crippen molar-refractivity contribution in [1.29, 1.82) is 0 Å². The van der Waals surface area contributed by atoms with Crippen LogP contribution in [0.3, 0.4) is 0 Å².